The number of fused-ring (bicyclic) bond motifs is 5. The number of ketones is 1. The van der Waals surface area contributed by atoms with Crippen molar-refractivity contribution < 1.29 is 94.1 Å². The van der Waals surface area contributed by atoms with Gasteiger partial charge in [0.25, 0.3) is 0 Å². The summed E-state index contributed by atoms with van der Waals surface area (Å²) in [6.07, 6.45) is -6.45. The molecule has 0 aromatic rings. The standard InChI is InChI=1S/C27H43NO10.Ac/c1-11-15(21(38-36)19(31)13(3)28-14(4)29)9-27(35)12(2)22-25(7,16(30)8-17-26(22,34)10-37-17)23(33)20(32)18(11)24(27,5)6;/h12-13,15-17,19-22,30-32,34-36H,8-10H2,1-7H3,(H,28,29);/t12?,13?,15?,16?,17?,19?,20?,21-,22?,25-,26+,27?;/m1./s1. The smallest absolute Gasteiger partial charge is 0.217 e. The molecule has 0 spiro atoms. The molecule has 12 atom stereocenters. The van der Waals surface area contributed by atoms with Gasteiger partial charge >= 0.3 is 0 Å². The van der Waals surface area contributed by atoms with Crippen molar-refractivity contribution in [1.29, 1.82) is 0 Å². The number of aliphatic hydroxyl groups is 5. The molecule has 2 saturated carbocycles. The Hall–Kier alpha value is 0.00156. The van der Waals surface area contributed by atoms with Crippen molar-refractivity contribution in [3.8, 4) is 0 Å². The summed E-state index contributed by atoms with van der Waals surface area (Å²) in [6, 6.07) is -0.828. The molecule has 1 amide bonds. The zero-order valence-corrected chi connectivity index (χ0v) is 28.5. The van der Waals surface area contributed by atoms with Gasteiger partial charge in [0, 0.05) is 74.7 Å². The minimum absolute atomic E-state index is 0. The third kappa shape index (κ3) is 4.55. The number of nitrogens with one attached hydrogen (secondary N) is 1. The van der Waals surface area contributed by atoms with E-state index in [9.17, 15) is 40.4 Å². The molecule has 1 aliphatic heterocycles. The van der Waals surface area contributed by atoms with Crippen LogP contribution in [0.3, 0.4) is 0 Å². The zero-order valence-electron chi connectivity index (χ0n) is 23.7. The van der Waals surface area contributed by atoms with Crippen molar-refractivity contribution in [1.82, 2.24) is 5.32 Å². The quantitative estimate of drug-likeness (QED) is 0.113. The SMILES string of the molecule is CC(=O)NC(C)C(O)[C@H](OO)C1CC2(O)C(C)C3[C@]4(O)COC4CC(O)[C@@]3(C)C(=O)C(O)C(=C1C)C2(C)C.[Ac]. The molecular formula is C27H43AcNO10. The molecule has 7 N–H and O–H groups in total. The number of rotatable bonds is 5. The van der Waals surface area contributed by atoms with Gasteiger partial charge in [-0.05, 0) is 38.7 Å². The maximum Gasteiger partial charge on any atom is 0.217 e. The Morgan fingerprint density at radius 2 is 1.79 bits per heavy atom. The van der Waals surface area contributed by atoms with Gasteiger partial charge in [-0.1, -0.05) is 26.3 Å². The molecule has 2 bridgehead atoms. The van der Waals surface area contributed by atoms with Gasteiger partial charge in [0.2, 0.25) is 5.91 Å². The van der Waals surface area contributed by atoms with Gasteiger partial charge in [-0.25, -0.2) is 4.89 Å². The summed E-state index contributed by atoms with van der Waals surface area (Å²) in [5, 5.41) is 70.8. The van der Waals surface area contributed by atoms with Gasteiger partial charge in [-0.15, -0.1) is 0 Å². The van der Waals surface area contributed by atoms with E-state index in [1.54, 1.807) is 41.5 Å². The molecule has 0 aromatic heterocycles. The second-order valence-electron chi connectivity index (χ2n) is 12.9. The first kappa shape index (κ1) is 33.5. The van der Waals surface area contributed by atoms with Gasteiger partial charge < -0.3 is 35.6 Å². The molecule has 1 radical (unpaired) electrons. The first-order valence-corrected chi connectivity index (χ1v) is 13.3. The van der Waals surface area contributed by atoms with Crippen molar-refractivity contribution in [3.05, 3.63) is 11.1 Å². The molecule has 3 fully saturated rings. The van der Waals surface area contributed by atoms with Crippen LogP contribution in [-0.4, -0.2) is 96.9 Å². The third-order valence-electron chi connectivity index (χ3n) is 10.8. The van der Waals surface area contributed by atoms with Crippen molar-refractivity contribution in [3.63, 3.8) is 0 Å². The summed E-state index contributed by atoms with van der Waals surface area (Å²) < 4.78 is 5.56. The molecule has 39 heavy (non-hydrogen) atoms. The molecule has 9 unspecified atom stereocenters. The topological polar surface area (TPSA) is 186 Å². The molecule has 219 valence electrons. The van der Waals surface area contributed by atoms with Crippen LogP contribution >= 0.6 is 0 Å². The molecule has 3 aliphatic carbocycles. The minimum Gasteiger partial charge on any atom is -0.392 e. The maximum atomic E-state index is 14.1. The number of ether oxygens (including phenoxy) is 1. The average Bonchev–Trinajstić information content (AvgIpc) is 2.82. The van der Waals surface area contributed by atoms with Crippen LogP contribution in [-0.2, 0) is 19.2 Å². The predicted octanol–water partition coefficient (Wildman–Crippen LogP) is -0.0795. The summed E-state index contributed by atoms with van der Waals surface area (Å²) in [7, 11) is 0. The van der Waals surface area contributed by atoms with Crippen molar-refractivity contribution in [2.24, 2.45) is 28.6 Å². The van der Waals surface area contributed by atoms with Gasteiger partial charge in [0.15, 0.2) is 5.78 Å². The van der Waals surface area contributed by atoms with Gasteiger partial charge in [0.1, 0.15) is 23.9 Å². The number of carbonyl (C=O) groups excluding carboxylic acids is 2. The van der Waals surface area contributed by atoms with Crippen LogP contribution in [0.1, 0.15) is 61.3 Å². The Morgan fingerprint density at radius 1 is 1.21 bits per heavy atom. The van der Waals surface area contributed by atoms with E-state index in [0.717, 1.165) is 0 Å². The van der Waals surface area contributed by atoms with E-state index in [0.29, 0.717) is 5.57 Å². The van der Waals surface area contributed by atoms with Crippen LogP contribution in [0.15, 0.2) is 11.1 Å². The van der Waals surface area contributed by atoms with Crippen LogP contribution in [0.4, 0.5) is 0 Å². The van der Waals surface area contributed by atoms with Crippen LogP contribution < -0.4 is 5.32 Å². The van der Waals surface area contributed by atoms with E-state index in [1.807, 2.05) is 0 Å². The zero-order chi connectivity index (χ0) is 28.7. The monoisotopic (exact) mass is 768 g/mol. The van der Waals surface area contributed by atoms with E-state index in [4.69, 9.17) is 9.62 Å². The van der Waals surface area contributed by atoms with Crippen LogP contribution in [0, 0.1) is 72.6 Å². The van der Waals surface area contributed by atoms with E-state index in [1.165, 1.54) is 6.92 Å². The first-order chi connectivity index (χ1) is 17.4. The molecule has 11 nitrogen and oxygen atoms in total. The largest absolute Gasteiger partial charge is 0.392 e. The van der Waals surface area contributed by atoms with E-state index >= 15 is 0 Å². The summed E-state index contributed by atoms with van der Waals surface area (Å²) >= 11 is 0. The Morgan fingerprint density at radius 3 is 2.28 bits per heavy atom. The molecule has 0 aromatic carbocycles. The number of hydrogen-bond acceptors (Lipinski definition) is 10. The van der Waals surface area contributed by atoms with E-state index in [-0.39, 0.29) is 69.1 Å². The van der Waals surface area contributed by atoms with Crippen molar-refractivity contribution in [2.75, 3.05) is 6.61 Å². The Balaban J connectivity index is 0.00000420. The van der Waals surface area contributed by atoms with E-state index < -0.39 is 88.0 Å². The predicted molar refractivity (Wildman–Crippen MR) is 133 cm³/mol. The van der Waals surface area contributed by atoms with Crippen LogP contribution in [0.2, 0.25) is 0 Å². The Labute approximate surface area is 264 Å². The maximum absolute atomic E-state index is 14.1. The first-order valence-electron chi connectivity index (χ1n) is 13.3. The molecule has 12 heteroatoms. The Kier molecular flexibility index (Phi) is 9.39. The molecule has 1 saturated heterocycles. The number of amides is 1. The number of hydrogen-bond donors (Lipinski definition) is 7. The number of carbonyl (C=O) groups is 2. The Bertz CT molecular complexity index is 1040. The van der Waals surface area contributed by atoms with Gasteiger partial charge in [0.05, 0.1) is 35.9 Å². The molecule has 4 rings (SSSR count). The van der Waals surface area contributed by atoms with Crippen LogP contribution in [0.25, 0.3) is 0 Å². The van der Waals surface area contributed by atoms with Crippen molar-refractivity contribution >= 4 is 11.7 Å². The molecular weight excluding hydrogens is 725 g/mol. The summed E-state index contributed by atoms with van der Waals surface area (Å²) in [4.78, 5) is 30.5. The average molecular weight is 769 g/mol. The third-order valence-corrected chi connectivity index (χ3v) is 10.8. The van der Waals surface area contributed by atoms with Gasteiger partial charge in [-0.3, -0.25) is 14.8 Å². The second-order valence-corrected chi connectivity index (χ2v) is 12.9. The van der Waals surface area contributed by atoms with Gasteiger partial charge in [-0.2, -0.15) is 0 Å². The summed E-state index contributed by atoms with van der Waals surface area (Å²) in [5.41, 5.74) is -5.29. The fourth-order valence-corrected chi connectivity index (χ4v) is 8.49. The molecule has 4 aliphatic rings. The summed E-state index contributed by atoms with van der Waals surface area (Å²) in [5.74, 6) is -3.71. The molecule has 1 heterocycles. The fraction of sp³-hybridized carbons (Fsp3) is 0.852. The van der Waals surface area contributed by atoms with E-state index in [2.05, 4.69) is 5.32 Å². The fourth-order valence-electron chi connectivity index (χ4n) is 8.49. The number of aliphatic hydroxyl groups excluding tert-OH is 3. The second kappa shape index (κ2) is 10.9. The number of Topliss-reactive ketones (excluding diaryl/α,β-unsaturated/α-hetero) is 1. The van der Waals surface area contributed by atoms with Crippen LogP contribution in [0.5, 0.6) is 0 Å². The summed E-state index contributed by atoms with van der Waals surface area (Å²) in [6.45, 7) is 11.1. The minimum atomic E-state index is -1.74. The normalized spacial score (nSPS) is 45.3. The van der Waals surface area contributed by atoms with Crippen molar-refractivity contribution in [2.45, 2.75) is 109 Å².